The Kier molecular flexibility index (Phi) is 9.53. The molecule has 1 fully saturated rings. The molecule has 1 N–H and O–H groups in total. The number of hydrogen-bond donors (Lipinski definition) is 1. The molecular formula is C27H40N4O6. The van der Waals surface area contributed by atoms with Gasteiger partial charge in [0.1, 0.15) is 11.6 Å². The molecule has 0 spiro atoms. The van der Waals surface area contributed by atoms with Crippen LogP contribution in [0.4, 0.5) is 4.79 Å². The molecule has 3 rings (SSSR count). The van der Waals surface area contributed by atoms with E-state index < -0.39 is 17.6 Å². The average Bonchev–Trinajstić information content (AvgIpc) is 3.07. The topological polar surface area (TPSA) is 112 Å². The van der Waals surface area contributed by atoms with E-state index >= 15 is 0 Å². The van der Waals surface area contributed by atoms with Crippen LogP contribution in [-0.2, 0) is 32.5 Å². The maximum atomic E-state index is 13.0. The van der Waals surface area contributed by atoms with E-state index in [4.69, 9.17) is 9.47 Å². The van der Waals surface area contributed by atoms with Gasteiger partial charge in [0, 0.05) is 40.3 Å². The number of carbonyl (C=O) groups excluding carboxylic acids is 3. The molecule has 1 aliphatic heterocycles. The summed E-state index contributed by atoms with van der Waals surface area (Å²) in [6.45, 7) is 7.47. The number of nitrogens with one attached hydrogen (secondary N) is 1. The van der Waals surface area contributed by atoms with Gasteiger partial charge < -0.3 is 14.4 Å². The van der Waals surface area contributed by atoms with Crippen molar-refractivity contribution in [3.8, 4) is 0 Å². The fourth-order valence-corrected chi connectivity index (χ4v) is 4.56. The van der Waals surface area contributed by atoms with Gasteiger partial charge in [-0.1, -0.05) is 12.1 Å². The van der Waals surface area contributed by atoms with Crippen LogP contribution in [0.3, 0.4) is 0 Å². The lowest BCUT2D eigenvalue weighted by Gasteiger charge is -2.24. The summed E-state index contributed by atoms with van der Waals surface area (Å²) < 4.78 is 14.2. The normalized spacial score (nSPS) is 16.2. The molecule has 0 radical (unpaired) electrons. The number of imide groups is 1. The number of amides is 3. The zero-order valence-corrected chi connectivity index (χ0v) is 22.7. The Morgan fingerprint density at radius 1 is 1.11 bits per heavy atom. The van der Waals surface area contributed by atoms with Crippen molar-refractivity contribution in [1.82, 2.24) is 19.4 Å². The number of para-hydroxylation sites is 1. The zero-order chi connectivity index (χ0) is 27.2. The Balaban J connectivity index is 1.44. The first-order chi connectivity index (χ1) is 17.5. The van der Waals surface area contributed by atoms with E-state index in [1.165, 1.54) is 4.57 Å². The highest BCUT2D eigenvalue weighted by atomic mass is 16.6. The van der Waals surface area contributed by atoms with Crippen molar-refractivity contribution in [2.45, 2.75) is 77.4 Å². The fraction of sp³-hybridized carbons (Fsp3) is 0.630. The Labute approximate surface area is 217 Å². The number of piperidine rings is 1. The molecule has 1 saturated heterocycles. The number of carbonyl (C=O) groups is 3. The molecule has 37 heavy (non-hydrogen) atoms. The minimum atomic E-state index is -0.679. The number of fused-ring (bicyclic) bond motifs is 1. The van der Waals surface area contributed by atoms with Gasteiger partial charge in [-0.25, -0.2) is 9.59 Å². The van der Waals surface area contributed by atoms with E-state index in [0.29, 0.717) is 31.7 Å². The van der Waals surface area contributed by atoms with Gasteiger partial charge in [0.05, 0.1) is 11.0 Å². The second kappa shape index (κ2) is 12.4. The quantitative estimate of drug-likeness (QED) is 0.362. The van der Waals surface area contributed by atoms with Gasteiger partial charge in [0.2, 0.25) is 11.8 Å². The van der Waals surface area contributed by atoms with Gasteiger partial charge in [0.25, 0.3) is 0 Å². The maximum absolute atomic E-state index is 13.0. The van der Waals surface area contributed by atoms with Gasteiger partial charge in [-0.3, -0.25) is 24.0 Å². The van der Waals surface area contributed by atoms with E-state index in [1.807, 2.05) is 39.0 Å². The number of nitrogens with zero attached hydrogens (tertiary/aromatic N) is 3. The van der Waals surface area contributed by atoms with Crippen LogP contribution >= 0.6 is 0 Å². The monoisotopic (exact) mass is 516 g/mol. The Hall–Kier alpha value is -3.14. The Morgan fingerprint density at radius 3 is 2.49 bits per heavy atom. The van der Waals surface area contributed by atoms with Crippen molar-refractivity contribution in [2.75, 3.05) is 26.8 Å². The van der Waals surface area contributed by atoms with Crippen molar-refractivity contribution in [2.24, 2.45) is 7.05 Å². The first kappa shape index (κ1) is 28.4. The molecule has 0 saturated carbocycles. The van der Waals surface area contributed by atoms with Gasteiger partial charge >= 0.3 is 11.8 Å². The summed E-state index contributed by atoms with van der Waals surface area (Å²) >= 11 is 0. The van der Waals surface area contributed by atoms with Crippen LogP contribution in [0.5, 0.6) is 0 Å². The molecule has 2 aromatic rings. The van der Waals surface area contributed by atoms with E-state index in [2.05, 4.69) is 5.32 Å². The van der Waals surface area contributed by atoms with Crippen LogP contribution < -0.4 is 11.0 Å². The number of imidazole rings is 1. The molecule has 1 atom stereocenters. The number of rotatable bonds is 11. The van der Waals surface area contributed by atoms with Crippen LogP contribution in [0.25, 0.3) is 11.0 Å². The molecule has 1 aromatic carbocycles. The van der Waals surface area contributed by atoms with Gasteiger partial charge in [-0.05, 0) is 70.9 Å². The standard InChI is InChI=1S/C27H40N4O6/c1-27(2,3)37-26(35)29(4)16-7-9-18-36-17-8-6-11-19-12-10-13-20-23(19)30(5)25(34)31(20)21-14-15-22(32)28-24(21)33/h10,12-13,21H,6-9,11,14-18H2,1-5H3,(H,28,32,33). The molecular weight excluding hydrogens is 476 g/mol. The Bertz CT molecular complexity index is 1180. The third kappa shape index (κ3) is 7.44. The van der Waals surface area contributed by atoms with Crippen LogP contribution in [0, 0.1) is 0 Å². The molecule has 10 nitrogen and oxygen atoms in total. The second-order valence-corrected chi connectivity index (χ2v) is 10.6. The largest absolute Gasteiger partial charge is 0.444 e. The third-order valence-electron chi connectivity index (χ3n) is 6.43. The number of benzene rings is 1. The van der Waals surface area contributed by atoms with Crippen molar-refractivity contribution in [1.29, 1.82) is 0 Å². The lowest BCUT2D eigenvalue weighted by molar-refractivity contribution is -0.135. The molecule has 1 aliphatic rings. The first-order valence-electron chi connectivity index (χ1n) is 13.0. The molecule has 2 heterocycles. The lowest BCUT2D eigenvalue weighted by Crippen LogP contribution is -2.44. The van der Waals surface area contributed by atoms with Crippen molar-refractivity contribution < 1.29 is 23.9 Å². The van der Waals surface area contributed by atoms with Crippen LogP contribution in [-0.4, -0.2) is 64.3 Å². The average molecular weight is 517 g/mol. The smallest absolute Gasteiger partial charge is 0.410 e. The van der Waals surface area contributed by atoms with Gasteiger partial charge in [-0.2, -0.15) is 0 Å². The van der Waals surface area contributed by atoms with Crippen LogP contribution in [0.2, 0.25) is 0 Å². The van der Waals surface area contributed by atoms with Crippen molar-refractivity contribution in [3.05, 3.63) is 34.2 Å². The van der Waals surface area contributed by atoms with E-state index in [0.717, 1.165) is 43.2 Å². The highest BCUT2D eigenvalue weighted by Crippen LogP contribution is 2.25. The zero-order valence-electron chi connectivity index (χ0n) is 22.7. The predicted octanol–water partition coefficient (Wildman–Crippen LogP) is 3.30. The highest BCUT2D eigenvalue weighted by Gasteiger charge is 2.31. The number of aromatic nitrogens is 2. The molecule has 0 bridgehead atoms. The predicted molar refractivity (Wildman–Crippen MR) is 140 cm³/mol. The molecule has 204 valence electrons. The van der Waals surface area contributed by atoms with E-state index in [9.17, 15) is 19.2 Å². The molecule has 0 aliphatic carbocycles. The summed E-state index contributed by atoms with van der Waals surface area (Å²) in [5, 5.41) is 2.34. The summed E-state index contributed by atoms with van der Waals surface area (Å²) in [5.74, 6) is -0.726. The third-order valence-corrected chi connectivity index (χ3v) is 6.43. The van der Waals surface area contributed by atoms with Crippen LogP contribution in [0.1, 0.15) is 70.9 Å². The first-order valence-corrected chi connectivity index (χ1v) is 13.0. The van der Waals surface area contributed by atoms with Crippen molar-refractivity contribution >= 4 is 28.9 Å². The highest BCUT2D eigenvalue weighted by molar-refractivity contribution is 6.00. The summed E-state index contributed by atoms with van der Waals surface area (Å²) in [7, 11) is 3.46. The lowest BCUT2D eigenvalue weighted by atomic mass is 10.0. The minimum absolute atomic E-state index is 0.222. The molecule has 1 aromatic heterocycles. The van der Waals surface area contributed by atoms with E-state index in [1.54, 1.807) is 23.6 Å². The summed E-state index contributed by atoms with van der Waals surface area (Å²) in [6, 6.07) is 5.09. The minimum Gasteiger partial charge on any atom is -0.444 e. The summed E-state index contributed by atoms with van der Waals surface area (Å²) in [4.78, 5) is 50.5. The molecule has 1 unspecified atom stereocenters. The number of unbranched alkanes of at least 4 members (excludes halogenated alkanes) is 2. The summed E-state index contributed by atoms with van der Waals surface area (Å²) in [5.41, 5.74) is 1.84. The molecule has 3 amide bonds. The Morgan fingerprint density at radius 2 is 1.81 bits per heavy atom. The van der Waals surface area contributed by atoms with Crippen LogP contribution in [0.15, 0.2) is 23.0 Å². The van der Waals surface area contributed by atoms with E-state index in [-0.39, 0.29) is 24.1 Å². The van der Waals surface area contributed by atoms with Gasteiger partial charge in [-0.15, -0.1) is 0 Å². The number of hydrogen-bond acceptors (Lipinski definition) is 6. The number of aryl methyl sites for hydroxylation is 2. The second-order valence-electron chi connectivity index (χ2n) is 10.6. The fourth-order valence-electron chi connectivity index (χ4n) is 4.56. The summed E-state index contributed by atoms with van der Waals surface area (Å²) in [6.07, 6.45) is 4.51. The maximum Gasteiger partial charge on any atom is 0.410 e. The van der Waals surface area contributed by atoms with Gasteiger partial charge in [0.15, 0.2) is 0 Å². The SMILES string of the molecule is CN(CCCCOCCCCc1cccc2c1n(C)c(=O)n2C1CCC(=O)NC1=O)C(=O)OC(C)(C)C. The van der Waals surface area contributed by atoms with Crippen molar-refractivity contribution in [3.63, 3.8) is 0 Å². The molecule has 10 heteroatoms. The number of ether oxygens (including phenoxy) is 2.